The fourth-order valence-electron chi connectivity index (χ4n) is 3.23. The second-order valence-corrected chi connectivity index (χ2v) is 8.67. The van der Waals surface area contributed by atoms with E-state index >= 15 is 0 Å². The van der Waals surface area contributed by atoms with Gasteiger partial charge in [-0.1, -0.05) is 30.3 Å². The number of hydrogen-bond donors (Lipinski definition) is 1. The van der Waals surface area contributed by atoms with Crippen LogP contribution in [0.1, 0.15) is 11.4 Å². The zero-order chi connectivity index (χ0) is 21.2. The average molecular weight is 449 g/mol. The monoisotopic (exact) mass is 448 g/mol. The van der Waals surface area contributed by atoms with Gasteiger partial charge in [-0.05, 0) is 24.3 Å². The lowest BCUT2D eigenvalue weighted by Gasteiger charge is -2.03. The number of fused-ring (bicyclic) bond motifs is 1. The summed E-state index contributed by atoms with van der Waals surface area (Å²) in [5.41, 5.74) is 4.37. The highest BCUT2D eigenvalue weighted by molar-refractivity contribution is 7.15. The lowest BCUT2D eigenvalue weighted by molar-refractivity contribution is -0.120. The van der Waals surface area contributed by atoms with Gasteiger partial charge >= 0.3 is 0 Å². The summed E-state index contributed by atoms with van der Waals surface area (Å²) in [6.45, 7) is 0.389. The van der Waals surface area contributed by atoms with Gasteiger partial charge in [0.1, 0.15) is 10.8 Å². The molecule has 2 aromatic carbocycles. The van der Waals surface area contributed by atoms with Gasteiger partial charge < -0.3 is 5.32 Å². The largest absolute Gasteiger partial charge is 0.350 e. The number of imidazole rings is 1. The van der Waals surface area contributed by atoms with Crippen molar-refractivity contribution >= 4 is 33.5 Å². The summed E-state index contributed by atoms with van der Waals surface area (Å²) in [7, 11) is 0. The van der Waals surface area contributed by atoms with E-state index in [4.69, 9.17) is 0 Å². The molecule has 5 nitrogen and oxygen atoms in total. The molecule has 8 heteroatoms. The summed E-state index contributed by atoms with van der Waals surface area (Å²) in [6, 6.07) is 16.2. The van der Waals surface area contributed by atoms with E-state index in [1.54, 1.807) is 23.5 Å². The van der Waals surface area contributed by atoms with Crippen LogP contribution in [0.5, 0.6) is 0 Å². The van der Waals surface area contributed by atoms with Crippen LogP contribution in [-0.4, -0.2) is 20.3 Å². The molecule has 1 N–H and O–H groups in total. The van der Waals surface area contributed by atoms with Gasteiger partial charge in [-0.2, -0.15) is 0 Å². The smallest absolute Gasteiger partial charge is 0.226 e. The number of nitrogens with zero attached hydrogens (tertiary/aromatic N) is 3. The van der Waals surface area contributed by atoms with E-state index in [1.165, 1.54) is 23.5 Å². The SMILES string of the molecule is O=C(Cc1csc2nc(-c3ccc(F)cc3)cn12)NCc1csc(-c2ccccc2)n1. The summed E-state index contributed by atoms with van der Waals surface area (Å²) < 4.78 is 15.1. The first-order valence-corrected chi connectivity index (χ1v) is 11.4. The molecule has 0 aliphatic rings. The Bertz CT molecular complexity index is 1340. The standard InChI is InChI=1S/C23H17FN4OS2/c24-17-8-6-15(7-9-17)20-12-28-19(14-31-23(28)27-20)10-21(29)25-11-18-13-30-22(26-18)16-4-2-1-3-5-16/h1-9,12-14H,10-11H2,(H,25,29). The number of thiazole rings is 2. The number of hydrogen-bond acceptors (Lipinski definition) is 5. The zero-order valence-electron chi connectivity index (χ0n) is 16.3. The van der Waals surface area contributed by atoms with E-state index in [0.29, 0.717) is 6.54 Å². The van der Waals surface area contributed by atoms with Crippen LogP contribution >= 0.6 is 22.7 Å². The van der Waals surface area contributed by atoms with E-state index in [1.807, 2.05) is 51.7 Å². The first kappa shape index (κ1) is 19.6. The van der Waals surface area contributed by atoms with Gasteiger partial charge in [-0.15, -0.1) is 22.7 Å². The Balaban J connectivity index is 1.24. The second kappa shape index (κ2) is 8.41. The van der Waals surface area contributed by atoms with Gasteiger partial charge in [-0.25, -0.2) is 14.4 Å². The number of rotatable bonds is 6. The van der Waals surface area contributed by atoms with Crippen LogP contribution < -0.4 is 5.32 Å². The van der Waals surface area contributed by atoms with Gasteiger partial charge in [0.05, 0.1) is 24.4 Å². The summed E-state index contributed by atoms with van der Waals surface area (Å²) in [5, 5.41) is 7.79. The van der Waals surface area contributed by atoms with Crippen molar-refractivity contribution in [3.8, 4) is 21.8 Å². The highest BCUT2D eigenvalue weighted by Gasteiger charge is 2.13. The van der Waals surface area contributed by atoms with E-state index < -0.39 is 0 Å². The molecule has 1 amide bonds. The normalized spacial score (nSPS) is 11.1. The fourth-order valence-corrected chi connectivity index (χ4v) is 4.93. The minimum Gasteiger partial charge on any atom is -0.350 e. The summed E-state index contributed by atoms with van der Waals surface area (Å²) in [5.74, 6) is -0.357. The number of benzene rings is 2. The van der Waals surface area contributed by atoms with Crippen molar-refractivity contribution in [1.82, 2.24) is 19.7 Å². The minimum atomic E-state index is -0.280. The molecule has 0 radical (unpaired) electrons. The van der Waals surface area contributed by atoms with Crippen LogP contribution in [0.3, 0.4) is 0 Å². The Labute approximate surface area is 185 Å². The van der Waals surface area contributed by atoms with Gasteiger partial charge in [-0.3, -0.25) is 9.20 Å². The average Bonchev–Trinajstić information content (AvgIpc) is 3.51. The second-order valence-electron chi connectivity index (χ2n) is 6.98. The van der Waals surface area contributed by atoms with E-state index in [0.717, 1.165) is 38.2 Å². The van der Waals surface area contributed by atoms with Gasteiger partial charge in [0.2, 0.25) is 5.91 Å². The molecule has 0 atom stereocenters. The van der Waals surface area contributed by atoms with Crippen molar-refractivity contribution in [2.75, 3.05) is 0 Å². The molecule has 0 aliphatic carbocycles. The quantitative estimate of drug-likeness (QED) is 0.389. The summed E-state index contributed by atoms with van der Waals surface area (Å²) in [6.07, 6.45) is 2.13. The molecule has 0 fully saturated rings. The maximum atomic E-state index is 13.2. The zero-order valence-corrected chi connectivity index (χ0v) is 17.9. The van der Waals surface area contributed by atoms with Crippen LogP contribution in [0.25, 0.3) is 26.8 Å². The summed E-state index contributed by atoms with van der Waals surface area (Å²) in [4.78, 5) is 22.5. The maximum Gasteiger partial charge on any atom is 0.226 e. The molecule has 5 rings (SSSR count). The molecule has 0 aliphatic heterocycles. The van der Waals surface area contributed by atoms with Crippen LogP contribution in [0.4, 0.5) is 4.39 Å². The molecule has 3 aromatic heterocycles. The van der Waals surface area contributed by atoms with Crippen LogP contribution in [0.2, 0.25) is 0 Å². The number of carbonyl (C=O) groups is 1. The van der Waals surface area contributed by atoms with Crippen molar-refractivity contribution in [3.63, 3.8) is 0 Å². The van der Waals surface area contributed by atoms with Crippen LogP contribution in [0.15, 0.2) is 71.6 Å². The third-order valence-electron chi connectivity index (χ3n) is 4.80. The first-order valence-electron chi connectivity index (χ1n) is 9.63. The Hall–Kier alpha value is -3.36. The Morgan fingerprint density at radius 2 is 1.77 bits per heavy atom. The molecule has 0 unspecified atom stereocenters. The lowest BCUT2D eigenvalue weighted by atomic mass is 10.2. The molecule has 31 heavy (non-hydrogen) atoms. The highest BCUT2D eigenvalue weighted by Crippen LogP contribution is 2.25. The van der Waals surface area contributed by atoms with E-state index in [2.05, 4.69) is 15.3 Å². The molecule has 0 bridgehead atoms. The van der Waals surface area contributed by atoms with Crippen molar-refractivity contribution in [3.05, 3.63) is 88.8 Å². The van der Waals surface area contributed by atoms with Gasteiger partial charge in [0, 0.05) is 33.8 Å². The molecular weight excluding hydrogens is 431 g/mol. The molecular formula is C23H17FN4OS2. The van der Waals surface area contributed by atoms with Crippen LogP contribution in [-0.2, 0) is 17.8 Å². The van der Waals surface area contributed by atoms with Crippen molar-refractivity contribution < 1.29 is 9.18 Å². The number of carbonyl (C=O) groups excluding carboxylic acids is 1. The third kappa shape index (κ3) is 4.26. The molecule has 0 saturated carbocycles. The first-order chi connectivity index (χ1) is 15.2. The molecule has 0 spiro atoms. The predicted molar refractivity (Wildman–Crippen MR) is 122 cm³/mol. The topological polar surface area (TPSA) is 59.3 Å². The minimum absolute atomic E-state index is 0.0778. The number of amides is 1. The molecule has 5 aromatic rings. The fraction of sp³-hybridized carbons (Fsp3) is 0.0870. The lowest BCUT2D eigenvalue weighted by Crippen LogP contribution is -2.25. The Morgan fingerprint density at radius 3 is 2.58 bits per heavy atom. The van der Waals surface area contributed by atoms with Crippen molar-refractivity contribution in [2.45, 2.75) is 13.0 Å². The predicted octanol–water partition coefficient (Wildman–Crippen LogP) is 5.18. The number of nitrogens with one attached hydrogen (secondary N) is 1. The third-order valence-corrected chi connectivity index (χ3v) is 6.63. The molecule has 0 saturated heterocycles. The Morgan fingerprint density at radius 1 is 0.968 bits per heavy atom. The number of aromatic nitrogens is 3. The number of halogens is 1. The van der Waals surface area contributed by atoms with Crippen molar-refractivity contribution in [1.29, 1.82) is 0 Å². The van der Waals surface area contributed by atoms with Crippen molar-refractivity contribution in [2.24, 2.45) is 0 Å². The maximum absolute atomic E-state index is 13.2. The van der Waals surface area contributed by atoms with Crippen LogP contribution in [0, 0.1) is 5.82 Å². The van der Waals surface area contributed by atoms with E-state index in [-0.39, 0.29) is 18.1 Å². The van der Waals surface area contributed by atoms with E-state index in [9.17, 15) is 9.18 Å². The van der Waals surface area contributed by atoms with Gasteiger partial charge in [0.25, 0.3) is 0 Å². The van der Waals surface area contributed by atoms with Gasteiger partial charge in [0.15, 0.2) is 4.96 Å². The molecule has 154 valence electrons. The Kier molecular flexibility index (Phi) is 5.31. The summed E-state index contributed by atoms with van der Waals surface area (Å²) >= 11 is 3.04. The molecule has 3 heterocycles. The highest BCUT2D eigenvalue weighted by atomic mass is 32.1.